The number of phenols is 1. The minimum atomic E-state index is -0.868. The monoisotopic (exact) mass is 820 g/mol. The van der Waals surface area contributed by atoms with Gasteiger partial charge in [-0.25, -0.2) is 0 Å². The van der Waals surface area contributed by atoms with E-state index in [0.29, 0.717) is 90.0 Å². The Morgan fingerprint density at radius 1 is 0.717 bits per heavy atom. The molecule has 0 amide bonds. The highest BCUT2D eigenvalue weighted by molar-refractivity contribution is 6.39. The Kier molecular flexibility index (Phi) is 9.01. The maximum absolute atomic E-state index is 15.6. The Morgan fingerprint density at radius 3 is 1.75 bits per heavy atom. The first-order valence-electron chi connectivity index (χ1n) is 21.9. The highest BCUT2D eigenvalue weighted by Gasteiger charge is 2.48. The minimum absolute atomic E-state index is 0.0133. The Hall–Kier alpha value is -4.63. The Bertz CT molecular complexity index is 2750. The summed E-state index contributed by atoms with van der Waals surface area (Å²) in [7, 11) is 6.14. The number of anilines is 2. The second-order valence-corrected chi connectivity index (χ2v) is 19.7. The van der Waals surface area contributed by atoms with Crippen LogP contribution in [0.5, 0.6) is 11.5 Å². The lowest BCUT2D eigenvalue weighted by atomic mass is 9.79. The SMILES string of the molecule is COc1c(O)c2c(=O)cc(CO)c3c4c(CO)cc(NCC[N+]56CC[N+](C)(CC5)CC6)c5c(=O)c(NCC[N+]67CC[N+](C)(CC6)CC7)c6c(c(c1C(C(C)=O)C(C)=C6)c23)c54. The zero-order chi connectivity index (χ0) is 42.1. The molecule has 6 heterocycles. The first kappa shape index (κ1) is 39.5. The number of piperazine rings is 6. The van der Waals surface area contributed by atoms with Gasteiger partial charge in [-0.05, 0) is 53.3 Å². The summed E-state index contributed by atoms with van der Waals surface area (Å²) in [6, 6.07) is 3.20. The second-order valence-electron chi connectivity index (χ2n) is 19.7. The van der Waals surface area contributed by atoms with E-state index in [1.165, 1.54) is 20.1 Å². The lowest BCUT2D eigenvalue weighted by molar-refractivity contribution is -1.07. The Balaban J connectivity index is 1.27. The van der Waals surface area contributed by atoms with Crippen LogP contribution in [0.15, 0.2) is 27.3 Å². The predicted molar refractivity (Wildman–Crippen MR) is 237 cm³/mol. The molecular weight excluding hydrogens is 761 g/mol. The van der Waals surface area contributed by atoms with Crippen LogP contribution in [0.2, 0.25) is 0 Å². The van der Waals surface area contributed by atoms with Gasteiger partial charge in [0.25, 0.3) is 0 Å². The number of benzene rings is 5. The van der Waals surface area contributed by atoms with Crippen LogP contribution in [0, 0.1) is 0 Å². The number of aromatic hydroxyl groups is 1. The number of quaternary nitrogens is 4. The summed E-state index contributed by atoms with van der Waals surface area (Å²) in [5.41, 5.74) is 2.93. The molecule has 6 saturated heterocycles. The van der Waals surface area contributed by atoms with Crippen molar-refractivity contribution in [1.29, 1.82) is 0 Å². The van der Waals surface area contributed by atoms with E-state index in [0.717, 1.165) is 110 Å². The van der Waals surface area contributed by atoms with E-state index in [1.54, 1.807) is 0 Å². The van der Waals surface area contributed by atoms with Gasteiger partial charge in [0, 0.05) is 33.0 Å². The van der Waals surface area contributed by atoms with Crippen LogP contribution in [0.4, 0.5) is 11.4 Å². The van der Waals surface area contributed by atoms with E-state index in [1.807, 2.05) is 19.1 Å². The quantitative estimate of drug-likeness (QED) is 0.0729. The third-order valence-corrected chi connectivity index (χ3v) is 16.3. The number of rotatable bonds is 12. The molecule has 0 saturated carbocycles. The number of ether oxygens (including phenoxy) is 1. The van der Waals surface area contributed by atoms with Crippen molar-refractivity contribution in [3.05, 3.63) is 60.4 Å². The molecule has 12 rings (SSSR count). The lowest BCUT2D eigenvalue weighted by Gasteiger charge is -2.54. The van der Waals surface area contributed by atoms with Gasteiger partial charge in [0.05, 0.1) is 83.0 Å². The van der Waals surface area contributed by atoms with Gasteiger partial charge in [-0.15, -0.1) is 0 Å². The molecular formula is C47H60N6O7+4. The van der Waals surface area contributed by atoms with Crippen molar-refractivity contribution in [3.63, 3.8) is 0 Å². The van der Waals surface area contributed by atoms with Gasteiger partial charge in [-0.3, -0.25) is 14.4 Å². The number of ketones is 1. The van der Waals surface area contributed by atoms with Crippen molar-refractivity contribution in [2.24, 2.45) is 0 Å². The number of carbonyl (C=O) groups excluding carboxylic acids is 1. The van der Waals surface area contributed by atoms with Gasteiger partial charge in [0.2, 0.25) is 5.43 Å². The number of aliphatic hydroxyl groups excluding tert-OH is 2. The number of carbonyl (C=O) groups is 1. The van der Waals surface area contributed by atoms with E-state index in [2.05, 4.69) is 24.7 Å². The molecule has 0 radical (unpaired) electrons. The van der Waals surface area contributed by atoms with Crippen LogP contribution in [0.25, 0.3) is 49.2 Å². The van der Waals surface area contributed by atoms with Gasteiger partial charge in [0.15, 0.2) is 16.9 Å². The average Bonchev–Trinajstić information content (AvgIpc) is 3.37. The zero-order valence-corrected chi connectivity index (χ0v) is 35.8. The fourth-order valence-electron chi connectivity index (χ4n) is 12.3. The van der Waals surface area contributed by atoms with Gasteiger partial charge < -0.3 is 48.6 Å². The Labute approximate surface area is 349 Å². The highest BCUT2D eigenvalue weighted by Crippen LogP contribution is 2.56. The van der Waals surface area contributed by atoms with Gasteiger partial charge in [0.1, 0.15) is 84.3 Å². The molecule has 1 atom stereocenters. The number of nitrogens with zero attached hydrogens (tertiary/aromatic N) is 4. The molecule has 6 aliphatic heterocycles. The first-order valence-corrected chi connectivity index (χ1v) is 21.9. The number of nitrogens with one attached hydrogen (secondary N) is 2. The van der Waals surface area contributed by atoms with E-state index in [9.17, 15) is 24.9 Å². The average molecular weight is 821 g/mol. The smallest absolute Gasteiger partial charge is 0.212 e. The fourth-order valence-corrected chi connectivity index (χ4v) is 12.3. The van der Waals surface area contributed by atoms with Crippen molar-refractivity contribution in [1.82, 2.24) is 0 Å². The molecule has 0 aromatic heterocycles. The summed E-state index contributed by atoms with van der Waals surface area (Å²) in [5.74, 6) is -1.39. The summed E-state index contributed by atoms with van der Waals surface area (Å²) in [4.78, 5) is 43.7. The maximum Gasteiger partial charge on any atom is 0.212 e. The fraction of sp³-hybridized carbons (Fsp3) is 0.511. The highest BCUT2D eigenvalue weighted by atomic mass is 16.5. The molecule has 13 heteroatoms. The van der Waals surface area contributed by atoms with Crippen molar-refractivity contribution < 1.29 is 42.8 Å². The molecule has 6 fully saturated rings. The molecule has 4 bridgehead atoms. The lowest BCUT2D eigenvalue weighted by Crippen LogP contribution is -2.74. The summed E-state index contributed by atoms with van der Waals surface area (Å²) in [5, 5.41) is 45.3. The third-order valence-electron chi connectivity index (χ3n) is 16.3. The molecule has 5 aromatic rings. The number of fused-ring (bicyclic) bond motifs is 7. The summed E-state index contributed by atoms with van der Waals surface area (Å²) in [6.45, 7) is 19.1. The molecule has 5 N–H and O–H groups in total. The van der Waals surface area contributed by atoms with Crippen LogP contribution in [0.1, 0.15) is 42.0 Å². The summed E-state index contributed by atoms with van der Waals surface area (Å²) >= 11 is 0. The van der Waals surface area contributed by atoms with Crippen LogP contribution < -0.4 is 26.2 Å². The van der Waals surface area contributed by atoms with E-state index < -0.39 is 18.0 Å². The third kappa shape index (κ3) is 5.62. The predicted octanol–water partition coefficient (Wildman–Crippen LogP) is 3.09. The molecule has 7 aliphatic rings. The van der Waals surface area contributed by atoms with Gasteiger partial charge in [-0.2, -0.15) is 0 Å². The van der Waals surface area contributed by atoms with E-state index >= 15 is 4.79 Å². The van der Waals surface area contributed by atoms with Gasteiger partial charge >= 0.3 is 0 Å². The van der Waals surface area contributed by atoms with E-state index in [4.69, 9.17) is 4.74 Å². The van der Waals surface area contributed by atoms with Crippen LogP contribution >= 0.6 is 0 Å². The summed E-state index contributed by atoms with van der Waals surface area (Å²) < 4.78 is 10.3. The number of allylic oxidation sites excluding steroid dienone is 1. The molecule has 1 unspecified atom stereocenters. The molecule has 13 nitrogen and oxygen atoms in total. The molecule has 5 aromatic carbocycles. The number of likely N-dealkylation sites (N-methyl/N-ethyl adjacent to an activating group) is 2. The summed E-state index contributed by atoms with van der Waals surface area (Å²) in [6.07, 6.45) is 1.93. The molecule has 316 valence electrons. The van der Waals surface area contributed by atoms with Crippen LogP contribution in [-0.2, 0) is 18.0 Å². The number of phenolic OH excluding ortho intramolecular Hbond substituents is 1. The maximum atomic E-state index is 15.6. The number of Topliss-reactive ketones (excluding diaryl/α,β-unsaturated/α-hetero) is 1. The minimum Gasteiger partial charge on any atom is -0.504 e. The standard InChI is InChI=1S/C47H57N6O7/c1-27-22-31-37-40-35(36-30(26-55)24-33(57)39-41(36)42(37)43(34(27)28(2)56)47(60-5)46(39)59)29(25-54)23-32(48-6-8-52-16-10-50(3,11-17-52)12-18-52)38(40)45(58)44(31)49-7-9-53-19-13-51(4,14-20-53)15-21-53/h22-24,34,54-55H,6-21,25-26H2,1-5H3/q+1/p+3. The second kappa shape index (κ2) is 13.7. The number of hydrogen-bond acceptors (Lipinski definition) is 9. The number of aliphatic hydroxyl groups is 2. The van der Waals surface area contributed by atoms with Crippen molar-refractivity contribution in [3.8, 4) is 11.5 Å². The molecule has 60 heavy (non-hydrogen) atoms. The topological polar surface area (TPSA) is 145 Å². The van der Waals surface area contributed by atoms with Crippen LogP contribution in [0.3, 0.4) is 0 Å². The number of methoxy groups -OCH3 is 1. The van der Waals surface area contributed by atoms with Crippen molar-refractivity contribution >= 4 is 66.3 Å². The van der Waals surface area contributed by atoms with Crippen LogP contribution in [-0.4, -0.2) is 165 Å². The largest absolute Gasteiger partial charge is 0.504 e. The zero-order valence-electron chi connectivity index (χ0n) is 35.8. The molecule has 1 aliphatic carbocycles. The van der Waals surface area contributed by atoms with Crippen molar-refractivity contribution in [2.45, 2.75) is 33.0 Å². The molecule has 0 spiro atoms. The van der Waals surface area contributed by atoms with Gasteiger partial charge in [-0.1, -0.05) is 11.6 Å². The Morgan fingerprint density at radius 2 is 1.23 bits per heavy atom. The normalized spacial score (nSPS) is 28.3. The van der Waals surface area contributed by atoms with E-state index in [-0.39, 0.29) is 34.7 Å². The van der Waals surface area contributed by atoms with Crippen molar-refractivity contribution in [2.75, 3.05) is 137 Å². The first-order chi connectivity index (χ1) is 28.7. The number of hydrogen-bond donors (Lipinski definition) is 5.